The molecule has 9 aromatic carbocycles. The van der Waals surface area contributed by atoms with E-state index in [2.05, 4.69) is 112 Å². The number of aromatic nitrogens is 2. The van der Waals surface area contributed by atoms with Gasteiger partial charge in [0.05, 0.1) is 33.4 Å². The van der Waals surface area contributed by atoms with Gasteiger partial charge in [0, 0.05) is 65.3 Å². The van der Waals surface area contributed by atoms with Crippen molar-refractivity contribution in [2.45, 2.75) is 76.0 Å². The summed E-state index contributed by atoms with van der Waals surface area (Å²) in [6.07, 6.45) is 10.4. The molecule has 0 aliphatic heterocycles. The molecule has 0 N–H and O–H groups in total. The molecule has 13 aromatic rings. The zero-order chi connectivity index (χ0) is 47.6. The van der Waals surface area contributed by atoms with Crippen LogP contribution in [-0.2, 0) is 0 Å². The van der Waals surface area contributed by atoms with Gasteiger partial charge in [-0.1, -0.05) is 148 Å². The molecule has 6 heteroatoms. The summed E-state index contributed by atoms with van der Waals surface area (Å²) in [5, 5.41) is 8.60. The highest BCUT2D eigenvalue weighted by Gasteiger charge is 2.38. The second-order valence-corrected chi connectivity index (χ2v) is 20.5. The third kappa shape index (κ3) is 6.01. The molecule has 2 saturated carbocycles. The Balaban J connectivity index is 1.24. The molecule has 2 aliphatic carbocycles. The van der Waals surface area contributed by atoms with Crippen LogP contribution in [0.3, 0.4) is 0 Å². The molecule has 4 aromatic heterocycles. The van der Waals surface area contributed by atoms with Crippen molar-refractivity contribution in [3.8, 4) is 33.6 Å². The number of hydrogen-bond donors (Lipinski definition) is 0. The number of halogens is 2. The predicted molar refractivity (Wildman–Crippen MR) is 292 cm³/mol. The van der Waals surface area contributed by atoms with E-state index in [0.717, 1.165) is 185 Å². The van der Waals surface area contributed by atoms with E-state index < -0.39 is 0 Å². The summed E-state index contributed by atoms with van der Waals surface area (Å²) < 4.78 is 53.8. The molecule has 0 bridgehead atoms. The van der Waals surface area contributed by atoms with E-state index in [1.807, 2.05) is 42.5 Å². The molecule has 72 heavy (non-hydrogen) atoms. The molecule has 2 fully saturated rings. The van der Waals surface area contributed by atoms with Crippen LogP contribution in [-0.4, -0.2) is 9.13 Å². The van der Waals surface area contributed by atoms with Crippen LogP contribution in [0, 0.1) is 11.6 Å². The summed E-state index contributed by atoms with van der Waals surface area (Å²) in [7, 11) is 0. The Morgan fingerprint density at radius 2 is 0.722 bits per heavy atom. The van der Waals surface area contributed by atoms with E-state index in [9.17, 15) is 0 Å². The fraction of sp³-hybridized carbons (Fsp3) is 0.182. The summed E-state index contributed by atoms with van der Waals surface area (Å²) in [4.78, 5) is 0. The minimum atomic E-state index is -0.301. The van der Waals surface area contributed by atoms with Crippen molar-refractivity contribution in [3.05, 3.63) is 193 Å². The Labute approximate surface area is 414 Å². The molecular formula is C66H50F2N2O2. The Morgan fingerprint density at radius 3 is 1.18 bits per heavy atom. The van der Waals surface area contributed by atoms with Gasteiger partial charge in [-0.05, 0) is 109 Å². The molecule has 0 spiro atoms. The molecule has 0 atom stereocenters. The zero-order valence-electron chi connectivity index (χ0n) is 39.9. The van der Waals surface area contributed by atoms with Gasteiger partial charge in [-0.15, -0.1) is 0 Å². The molecular weight excluding hydrogens is 891 g/mol. The number of para-hydroxylation sites is 4. The van der Waals surface area contributed by atoms with Gasteiger partial charge in [0.25, 0.3) is 0 Å². The SMILES string of the molecule is Fc1ccccc1-c1c(C2CCCCC2)c(-n2c3ccccc3c3c4c(ccc32)oc2ccccc24)c(C2CCCCC2)c(-c2ccccc2F)c1-n1c2ccccc2c2c3c(ccc21)oc1ccccc13. The first-order chi connectivity index (χ1) is 35.6. The normalized spacial score (nSPS) is 15.2. The fourth-order valence-electron chi connectivity index (χ4n) is 13.7. The number of benzene rings is 9. The standard InChI is InChI=1S/C66H50F2N2O2/c67-47-29-13-7-23-41(47)63-57(39-19-3-1-4-20-39)65(69-49-31-15-9-25-43(49)59-51(69)35-37-55-61(59)45-27-11-17-33-53(45)71-55)58(40-21-5-2-6-22-40)64(42-24-8-14-30-48(42)68)66(63)70-50-32-16-10-26-44(50)60-52(70)36-38-56-62(60)46-28-12-18-34-54(46)72-56/h7-18,23-40H,1-6,19-22H2. The quantitative estimate of drug-likeness (QED) is 0.167. The Kier molecular flexibility index (Phi) is 9.46. The van der Waals surface area contributed by atoms with Crippen molar-refractivity contribution in [2.24, 2.45) is 0 Å². The lowest BCUT2D eigenvalue weighted by atomic mass is 9.72. The Morgan fingerprint density at radius 1 is 0.333 bits per heavy atom. The second-order valence-electron chi connectivity index (χ2n) is 20.5. The van der Waals surface area contributed by atoms with E-state index in [-0.39, 0.29) is 23.5 Å². The minimum absolute atomic E-state index is 0.0754. The van der Waals surface area contributed by atoms with Crippen LogP contribution in [0.5, 0.6) is 0 Å². The van der Waals surface area contributed by atoms with Crippen LogP contribution < -0.4 is 0 Å². The number of rotatable bonds is 6. The average Bonchev–Trinajstić information content (AvgIpc) is 4.19. The maximum absolute atomic E-state index is 17.8. The van der Waals surface area contributed by atoms with E-state index >= 15 is 8.78 Å². The van der Waals surface area contributed by atoms with Crippen molar-refractivity contribution in [2.75, 3.05) is 0 Å². The highest BCUT2D eigenvalue weighted by Crippen LogP contribution is 2.57. The van der Waals surface area contributed by atoms with Crippen LogP contribution in [0.1, 0.15) is 87.2 Å². The first-order valence-electron chi connectivity index (χ1n) is 26.0. The molecule has 0 unspecified atom stereocenters. The highest BCUT2D eigenvalue weighted by atomic mass is 19.1. The van der Waals surface area contributed by atoms with Gasteiger partial charge in [-0.3, -0.25) is 0 Å². The zero-order valence-corrected chi connectivity index (χ0v) is 39.9. The van der Waals surface area contributed by atoms with Crippen molar-refractivity contribution in [3.63, 3.8) is 0 Å². The lowest BCUT2D eigenvalue weighted by Gasteiger charge is -2.37. The van der Waals surface area contributed by atoms with Crippen molar-refractivity contribution in [1.82, 2.24) is 9.13 Å². The summed E-state index contributed by atoms with van der Waals surface area (Å²) in [6, 6.07) is 57.3. The number of nitrogens with zero attached hydrogens (tertiary/aromatic N) is 2. The molecule has 4 heterocycles. The van der Waals surface area contributed by atoms with Gasteiger partial charge in [0.1, 0.15) is 34.0 Å². The summed E-state index contributed by atoms with van der Waals surface area (Å²) in [6.45, 7) is 0. The van der Waals surface area contributed by atoms with Crippen LogP contribution in [0.15, 0.2) is 179 Å². The van der Waals surface area contributed by atoms with E-state index in [0.29, 0.717) is 11.1 Å². The first kappa shape index (κ1) is 41.8. The van der Waals surface area contributed by atoms with Gasteiger partial charge >= 0.3 is 0 Å². The highest BCUT2D eigenvalue weighted by molar-refractivity contribution is 6.29. The molecule has 0 amide bonds. The van der Waals surface area contributed by atoms with Crippen LogP contribution in [0.4, 0.5) is 8.78 Å². The predicted octanol–water partition coefficient (Wildman–Crippen LogP) is 19.4. The van der Waals surface area contributed by atoms with Gasteiger partial charge in [-0.2, -0.15) is 0 Å². The van der Waals surface area contributed by atoms with E-state index in [1.165, 1.54) is 0 Å². The topological polar surface area (TPSA) is 36.1 Å². The van der Waals surface area contributed by atoms with Crippen molar-refractivity contribution >= 4 is 87.5 Å². The minimum Gasteiger partial charge on any atom is -0.456 e. The van der Waals surface area contributed by atoms with Crippen LogP contribution in [0.2, 0.25) is 0 Å². The van der Waals surface area contributed by atoms with Crippen molar-refractivity contribution < 1.29 is 17.6 Å². The number of fused-ring (bicyclic) bond motifs is 14. The van der Waals surface area contributed by atoms with Crippen molar-refractivity contribution in [1.29, 1.82) is 0 Å². The third-order valence-electron chi connectivity index (χ3n) is 16.6. The van der Waals surface area contributed by atoms with E-state index in [1.54, 1.807) is 24.3 Å². The summed E-state index contributed by atoms with van der Waals surface area (Å²) in [5.41, 5.74) is 14.3. The maximum atomic E-state index is 17.8. The summed E-state index contributed by atoms with van der Waals surface area (Å²) >= 11 is 0. The molecule has 15 rings (SSSR count). The van der Waals surface area contributed by atoms with Gasteiger partial charge in [0.2, 0.25) is 0 Å². The van der Waals surface area contributed by atoms with E-state index in [4.69, 9.17) is 8.83 Å². The number of furan rings is 2. The third-order valence-corrected chi connectivity index (χ3v) is 16.6. The molecule has 0 radical (unpaired) electrons. The largest absolute Gasteiger partial charge is 0.456 e. The smallest absolute Gasteiger partial charge is 0.136 e. The second kappa shape index (κ2) is 16.3. The van der Waals surface area contributed by atoms with Crippen LogP contribution in [0.25, 0.3) is 121 Å². The fourth-order valence-corrected chi connectivity index (χ4v) is 13.7. The van der Waals surface area contributed by atoms with Gasteiger partial charge in [-0.25, -0.2) is 8.78 Å². The molecule has 350 valence electrons. The summed E-state index contributed by atoms with van der Waals surface area (Å²) in [5.74, 6) is -0.452. The number of hydrogen-bond acceptors (Lipinski definition) is 2. The maximum Gasteiger partial charge on any atom is 0.136 e. The Hall–Kier alpha value is -7.96. The molecule has 2 aliphatic rings. The molecule has 4 nitrogen and oxygen atoms in total. The lowest BCUT2D eigenvalue weighted by molar-refractivity contribution is 0.435. The Bertz CT molecular complexity index is 4250. The lowest BCUT2D eigenvalue weighted by Crippen LogP contribution is -2.20. The monoisotopic (exact) mass is 940 g/mol. The average molecular weight is 941 g/mol. The van der Waals surface area contributed by atoms with Crippen LogP contribution >= 0.6 is 0 Å². The first-order valence-corrected chi connectivity index (χ1v) is 26.0. The molecule has 0 saturated heterocycles. The van der Waals surface area contributed by atoms with Gasteiger partial charge < -0.3 is 18.0 Å². The van der Waals surface area contributed by atoms with Gasteiger partial charge in [0.15, 0.2) is 0 Å².